The van der Waals surface area contributed by atoms with Gasteiger partial charge in [0.2, 0.25) is 5.88 Å². The molecule has 0 aliphatic carbocycles. The molecular formula is C39H71NO15. The SMILES string of the molecule is CC(=CC(C)C(=O)c1c(O)cn(C)c1O)CC(C)CC(O)C(O)C(C)C(O)CC(O)C(C)C(O)C(C)C(O)CC(O)CC(O)CC(O)CC(O)C(O)C(C)O. The molecule has 16 nitrogen and oxygen atoms in total. The fourth-order valence-corrected chi connectivity index (χ4v) is 7.16. The van der Waals surface area contributed by atoms with Crippen molar-refractivity contribution >= 4 is 5.78 Å². The standard InChI is InChI=1S/C39H71NO15/c1-18(10-20(3)35(51)34-33(50)17-40(8)39(34)55)9-19(2)11-31(48)37(53)23(6)30(47)16-29(46)22(5)36(52)21(4)28(45)14-26(43)12-25(42)13-27(44)15-32(49)38(54)24(7)41/h10,17,19-32,36-38,41-50,52-55H,9,11-16H2,1-8H3. The summed E-state index contributed by atoms with van der Waals surface area (Å²) in [5, 5.41) is 145. The van der Waals surface area contributed by atoms with Crippen molar-refractivity contribution in [1.82, 2.24) is 4.57 Å². The molecule has 0 radical (unpaired) electrons. The topological polar surface area (TPSA) is 305 Å². The smallest absolute Gasteiger partial charge is 0.205 e. The van der Waals surface area contributed by atoms with Crippen molar-refractivity contribution in [3.05, 3.63) is 23.4 Å². The summed E-state index contributed by atoms with van der Waals surface area (Å²) in [4.78, 5) is 12.8. The van der Waals surface area contributed by atoms with Crippen LogP contribution in [-0.2, 0) is 7.05 Å². The van der Waals surface area contributed by atoms with Crippen molar-refractivity contribution in [3.63, 3.8) is 0 Å². The number of nitrogens with zero attached hydrogens (tertiary/aromatic N) is 1. The minimum Gasteiger partial charge on any atom is -0.505 e. The zero-order chi connectivity index (χ0) is 42.6. The van der Waals surface area contributed by atoms with Crippen molar-refractivity contribution in [2.24, 2.45) is 36.6 Å². The molecule has 0 bridgehead atoms. The van der Waals surface area contributed by atoms with Crippen LogP contribution in [0.3, 0.4) is 0 Å². The van der Waals surface area contributed by atoms with Gasteiger partial charge in [-0.1, -0.05) is 46.3 Å². The average Bonchev–Trinajstić information content (AvgIpc) is 3.34. The van der Waals surface area contributed by atoms with Gasteiger partial charge in [0.1, 0.15) is 17.4 Å². The van der Waals surface area contributed by atoms with E-state index in [-0.39, 0.29) is 61.6 Å². The van der Waals surface area contributed by atoms with Crippen molar-refractivity contribution in [2.45, 2.75) is 167 Å². The maximum atomic E-state index is 12.8. The Labute approximate surface area is 324 Å². The Bertz CT molecular complexity index is 1310. The van der Waals surface area contributed by atoms with Crippen LogP contribution < -0.4 is 0 Å². The predicted molar refractivity (Wildman–Crippen MR) is 203 cm³/mol. The molecule has 0 fully saturated rings. The third kappa shape index (κ3) is 15.9. The summed E-state index contributed by atoms with van der Waals surface area (Å²) in [5.41, 5.74) is 0.658. The Kier molecular flexibility index (Phi) is 21.5. The Morgan fingerprint density at radius 2 is 1.02 bits per heavy atom. The van der Waals surface area contributed by atoms with Gasteiger partial charge in [-0.25, -0.2) is 0 Å². The monoisotopic (exact) mass is 793 g/mol. The molecular weight excluding hydrogens is 722 g/mol. The van der Waals surface area contributed by atoms with Crippen molar-refractivity contribution < 1.29 is 76.3 Å². The highest BCUT2D eigenvalue weighted by Gasteiger charge is 2.36. The summed E-state index contributed by atoms with van der Waals surface area (Å²) in [6, 6.07) is 0. The molecule has 1 aromatic heterocycles. The molecule has 322 valence electrons. The molecule has 17 atom stereocenters. The normalized spacial score (nSPS) is 22.1. The number of aliphatic hydroxyl groups is 12. The highest BCUT2D eigenvalue weighted by Crippen LogP contribution is 2.32. The van der Waals surface area contributed by atoms with E-state index < -0.39 is 103 Å². The first-order chi connectivity index (χ1) is 25.3. The van der Waals surface area contributed by atoms with Gasteiger partial charge >= 0.3 is 0 Å². The number of rotatable bonds is 26. The van der Waals surface area contributed by atoms with Crippen LogP contribution in [0.1, 0.15) is 104 Å². The molecule has 0 saturated heterocycles. The van der Waals surface area contributed by atoms with E-state index in [1.165, 1.54) is 45.5 Å². The number of aromatic nitrogens is 1. The van der Waals surface area contributed by atoms with E-state index >= 15 is 0 Å². The molecule has 1 heterocycles. The largest absolute Gasteiger partial charge is 0.505 e. The average molecular weight is 794 g/mol. The van der Waals surface area contributed by atoms with Crippen molar-refractivity contribution in [3.8, 4) is 11.6 Å². The fraction of sp³-hybridized carbons (Fsp3) is 0.821. The second kappa shape index (κ2) is 23.3. The maximum Gasteiger partial charge on any atom is 0.205 e. The zero-order valence-corrected chi connectivity index (χ0v) is 33.5. The van der Waals surface area contributed by atoms with Crippen LogP contribution >= 0.6 is 0 Å². The number of hydrogen-bond acceptors (Lipinski definition) is 15. The number of aliphatic hydroxyl groups excluding tert-OH is 12. The number of Topliss-reactive ketones (excluding diaryl/α,β-unsaturated/α-hetero) is 1. The quantitative estimate of drug-likeness (QED) is 0.0428. The van der Waals surface area contributed by atoms with E-state index in [1.807, 2.05) is 13.8 Å². The fourth-order valence-electron chi connectivity index (χ4n) is 7.16. The van der Waals surface area contributed by atoms with Crippen LogP contribution in [0, 0.1) is 29.6 Å². The van der Waals surface area contributed by atoms with Crippen LogP contribution in [0.2, 0.25) is 0 Å². The minimum atomic E-state index is -1.48. The number of carbonyl (C=O) groups is 1. The van der Waals surface area contributed by atoms with Gasteiger partial charge in [-0.05, 0) is 58.3 Å². The number of allylic oxidation sites excluding steroid dienone is 2. The van der Waals surface area contributed by atoms with E-state index in [9.17, 15) is 76.3 Å². The third-order valence-electron chi connectivity index (χ3n) is 11.0. The van der Waals surface area contributed by atoms with Gasteiger partial charge in [0.15, 0.2) is 5.78 Å². The second-order valence-electron chi connectivity index (χ2n) is 16.3. The first kappa shape index (κ1) is 50.8. The van der Waals surface area contributed by atoms with Crippen molar-refractivity contribution in [2.75, 3.05) is 0 Å². The van der Waals surface area contributed by atoms with Crippen LogP contribution in [0.5, 0.6) is 11.6 Å². The summed E-state index contributed by atoms with van der Waals surface area (Å²) < 4.78 is 1.24. The first-order valence-corrected chi connectivity index (χ1v) is 19.3. The minimum absolute atomic E-state index is 0.150. The highest BCUT2D eigenvalue weighted by molar-refractivity contribution is 6.03. The number of aryl methyl sites for hydroxylation is 1. The molecule has 0 amide bonds. The molecule has 1 aromatic rings. The second-order valence-corrected chi connectivity index (χ2v) is 16.3. The summed E-state index contributed by atoms with van der Waals surface area (Å²) in [6.45, 7) is 11.1. The molecule has 0 aliphatic rings. The van der Waals surface area contributed by atoms with Gasteiger partial charge in [-0.2, -0.15) is 0 Å². The lowest BCUT2D eigenvalue weighted by Gasteiger charge is -2.34. The van der Waals surface area contributed by atoms with E-state index in [4.69, 9.17) is 0 Å². The molecule has 0 spiro atoms. The van der Waals surface area contributed by atoms with Gasteiger partial charge in [-0.15, -0.1) is 0 Å². The molecule has 0 aliphatic heterocycles. The molecule has 16 heteroatoms. The Balaban J connectivity index is 2.63. The van der Waals surface area contributed by atoms with Gasteiger partial charge in [0.25, 0.3) is 0 Å². The number of carbonyl (C=O) groups excluding carboxylic acids is 1. The number of ketones is 1. The summed E-state index contributed by atoms with van der Waals surface area (Å²) in [5.74, 6) is -4.52. The Morgan fingerprint density at radius 3 is 1.47 bits per heavy atom. The molecule has 0 aromatic carbocycles. The van der Waals surface area contributed by atoms with Crippen LogP contribution in [0.15, 0.2) is 17.8 Å². The maximum absolute atomic E-state index is 12.8. The van der Waals surface area contributed by atoms with Crippen molar-refractivity contribution in [1.29, 1.82) is 0 Å². The van der Waals surface area contributed by atoms with Crippen LogP contribution in [-0.4, -0.2) is 155 Å². The van der Waals surface area contributed by atoms with E-state index in [2.05, 4.69) is 0 Å². The lowest BCUT2D eigenvalue weighted by Crippen LogP contribution is -2.44. The molecule has 55 heavy (non-hydrogen) atoms. The Morgan fingerprint density at radius 1 is 0.600 bits per heavy atom. The van der Waals surface area contributed by atoms with Gasteiger partial charge in [0.05, 0.1) is 67.1 Å². The zero-order valence-electron chi connectivity index (χ0n) is 33.5. The molecule has 1 rings (SSSR count). The number of hydrogen-bond donors (Lipinski definition) is 14. The van der Waals surface area contributed by atoms with E-state index in [0.717, 1.165) is 5.57 Å². The van der Waals surface area contributed by atoms with E-state index in [1.54, 1.807) is 13.0 Å². The lowest BCUT2D eigenvalue weighted by atomic mass is 9.80. The summed E-state index contributed by atoms with van der Waals surface area (Å²) in [6.07, 6.45) is -13.3. The first-order valence-electron chi connectivity index (χ1n) is 19.3. The third-order valence-corrected chi connectivity index (χ3v) is 11.0. The van der Waals surface area contributed by atoms with Gasteiger partial charge in [-0.3, -0.25) is 4.79 Å². The van der Waals surface area contributed by atoms with Crippen LogP contribution in [0.25, 0.3) is 0 Å². The summed E-state index contributed by atoms with van der Waals surface area (Å²) >= 11 is 0. The molecule has 14 N–H and O–H groups in total. The van der Waals surface area contributed by atoms with E-state index in [0.29, 0.717) is 6.42 Å². The summed E-state index contributed by atoms with van der Waals surface area (Å²) in [7, 11) is 1.50. The Hall–Kier alpha value is -2.19. The number of aromatic hydroxyl groups is 2. The van der Waals surface area contributed by atoms with Gasteiger partial charge in [0, 0.05) is 43.3 Å². The lowest BCUT2D eigenvalue weighted by molar-refractivity contribution is -0.0877. The highest BCUT2D eigenvalue weighted by atomic mass is 16.4. The van der Waals surface area contributed by atoms with Crippen LogP contribution in [0.4, 0.5) is 0 Å². The van der Waals surface area contributed by atoms with Gasteiger partial charge < -0.3 is 76.1 Å². The molecule has 17 unspecified atom stereocenters. The predicted octanol–water partition coefficient (Wildman–Crippen LogP) is -0.173. The molecule has 0 saturated carbocycles.